The number of rotatable bonds is 4. The Kier molecular flexibility index (Phi) is 4.08. The van der Waals surface area contributed by atoms with Crippen molar-refractivity contribution >= 4 is 11.9 Å². The van der Waals surface area contributed by atoms with E-state index in [1.54, 1.807) is 17.0 Å². The molecule has 1 aromatic heterocycles. The van der Waals surface area contributed by atoms with Gasteiger partial charge in [0.2, 0.25) is 0 Å². The summed E-state index contributed by atoms with van der Waals surface area (Å²) in [5.74, 6) is -0.240. The molecule has 106 valence electrons. The van der Waals surface area contributed by atoms with Crippen LogP contribution >= 0.6 is 0 Å². The first kappa shape index (κ1) is 13.7. The Labute approximate surface area is 114 Å². The maximum Gasteiger partial charge on any atom is 0.339 e. The second-order valence-corrected chi connectivity index (χ2v) is 4.04. The van der Waals surface area contributed by atoms with Crippen molar-refractivity contribution in [2.24, 2.45) is 5.10 Å². The van der Waals surface area contributed by atoms with Crippen LogP contribution in [0.2, 0.25) is 0 Å². The van der Waals surface area contributed by atoms with Gasteiger partial charge in [-0.1, -0.05) is 0 Å². The van der Waals surface area contributed by atoms with Crippen molar-refractivity contribution in [1.29, 1.82) is 0 Å². The lowest BCUT2D eigenvalue weighted by Gasteiger charge is -2.14. The average molecular weight is 279 g/mol. The molecule has 0 aromatic carbocycles. The van der Waals surface area contributed by atoms with E-state index >= 15 is 0 Å². The van der Waals surface area contributed by atoms with Gasteiger partial charge in [0.15, 0.2) is 5.03 Å². The lowest BCUT2D eigenvalue weighted by Crippen LogP contribution is -2.30. The fourth-order valence-electron chi connectivity index (χ4n) is 1.80. The van der Waals surface area contributed by atoms with Crippen LogP contribution in [-0.2, 0) is 11.3 Å². The first-order valence-electron chi connectivity index (χ1n) is 5.85. The summed E-state index contributed by atoms with van der Waals surface area (Å²) in [6.45, 7) is 1.57. The van der Waals surface area contributed by atoms with Crippen LogP contribution in [0.5, 0.6) is 0 Å². The number of hydrogen-bond donors (Lipinski definition) is 1. The molecule has 2 rings (SSSR count). The maximum absolute atomic E-state index is 11.3. The second kappa shape index (κ2) is 5.95. The number of esters is 1. The summed E-state index contributed by atoms with van der Waals surface area (Å²) in [4.78, 5) is 27.5. The average Bonchev–Trinajstić information content (AvgIpc) is 2.85. The zero-order chi connectivity index (χ0) is 14.5. The molecule has 1 fully saturated rings. The molecule has 20 heavy (non-hydrogen) atoms. The van der Waals surface area contributed by atoms with Crippen LogP contribution < -0.4 is 5.32 Å². The number of pyridine rings is 1. The largest absolute Gasteiger partial charge is 0.465 e. The minimum absolute atomic E-state index is 0.217. The summed E-state index contributed by atoms with van der Waals surface area (Å²) in [5, 5.41) is 15.7. The molecule has 1 aliphatic rings. The molecular weight excluding hydrogens is 266 g/mol. The van der Waals surface area contributed by atoms with E-state index in [0.717, 1.165) is 0 Å². The predicted octanol–water partition coefficient (Wildman–Crippen LogP) is -0.179. The number of hydrazone groups is 1. The van der Waals surface area contributed by atoms with E-state index in [2.05, 4.69) is 20.1 Å². The third-order valence-corrected chi connectivity index (χ3v) is 2.74. The fourth-order valence-corrected chi connectivity index (χ4v) is 1.80. The van der Waals surface area contributed by atoms with Crippen molar-refractivity contribution in [2.45, 2.75) is 6.54 Å². The Morgan fingerprint density at radius 2 is 2.45 bits per heavy atom. The van der Waals surface area contributed by atoms with Gasteiger partial charge >= 0.3 is 5.97 Å². The van der Waals surface area contributed by atoms with Gasteiger partial charge in [-0.3, -0.25) is 4.98 Å². The summed E-state index contributed by atoms with van der Waals surface area (Å²) >= 11 is 0. The number of carbonyl (C=O) groups is 1. The Bertz CT molecular complexity index is 542. The minimum atomic E-state index is -0.742. The molecule has 0 bridgehead atoms. The zero-order valence-corrected chi connectivity index (χ0v) is 10.8. The topological polar surface area (TPSA) is 110 Å². The Morgan fingerprint density at radius 3 is 3.05 bits per heavy atom. The Hall–Kier alpha value is -2.71. The van der Waals surface area contributed by atoms with E-state index < -0.39 is 11.0 Å². The number of hydrogen-bond acceptors (Lipinski definition) is 5. The fraction of sp³-hybridized carbons (Fsp3) is 0.364. The predicted molar refractivity (Wildman–Crippen MR) is 68.4 cm³/mol. The summed E-state index contributed by atoms with van der Waals surface area (Å²) in [6.07, 6.45) is 1.41. The lowest BCUT2D eigenvalue weighted by molar-refractivity contribution is -0.485. The third-order valence-electron chi connectivity index (χ3n) is 2.74. The lowest BCUT2D eigenvalue weighted by atomic mass is 10.2. The van der Waals surface area contributed by atoms with Gasteiger partial charge in [-0.25, -0.2) is 14.9 Å². The van der Waals surface area contributed by atoms with Gasteiger partial charge in [0.1, 0.15) is 5.10 Å². The molecule has 9 nitrogen and oxygen atoms in total. The van der Waals surface area contributed by atoms with E-state index in [4.69, 9.17) is 0 Å². The number of nitrogens with zero attached hydrogens (tertiary/aromatic N) is 4. The molecule has 0 saturated carbocycles. The monoisotopic (exact) mass is 279 g/mol. The first-order chi connectivity index (χ1) is 9.60. The van der Waals surface area contributed by atoms with Crippen LogP contribution in [0, 0.1) is 10.1 Å². The second-order valence-electron chi connectivity index (χ2n) is 4.04. The van der Waals surface area contributed by atoms with Gasteiger partial charge in [0.05, 0.1) is 24.9 Å². The van der Waals surface area contributed by atoms with E-state index in [0.29, 0.717) is 30.9 Å². The zero-order valence-electron chi connectivity index (χ0n) is 10.8. The molecule has 9 heteroatoms. The summed E-state index contributed by atoms with van der Waals surface area (Å²) < 4.78 is 4.58. The van der Waals surface area contributed by atoms with Crippen LogP contribution in [0.15, 0.2) is 23.4 Å². The number of nitrogens with one attached hydrogen (secondary N) is 1. The van der Waals surface area contributed by atoms with Crippen LogP contribution in [0.25, 0.3) is 0 Å². The molecule has 0 atom stereocenters. The van der Waals surface area contributed by atoms with Crippen LogP contribution in [0.1, 0.15) is 16.1 Å². The summed E-state index contributed by atoms with van der Waals surface area (Å²) in [5.41, 5.74) is 1.03. The van der Waals surface area contributed by atoms with Gasteiger partial charge in [0, 0.05) is 19.3 Å². The smallest absolute Gasteiger partial charge is 0.339 e. The van der Waals surface area contributed by atoms with Gasteiger partial charge < -0.3 is 15.0 Å². The molecule has 0 unspecified atom stereocenters. The van der Waals surface area contributed by atoms with E-state index in [-0.39, 0.29) is 5.96 Å². The number of carbonyl (C=O) groups excluding carboxylic acids is 1. The van der Waals surface area contributed by atoms with Gasteiger partial charge in [-0.15, -0.1) is 0 Å². The van der Waals surface area contributed by atoms with Gasteiger partial charge in [-0.2, -0.15) is 0 Å². The normalized spacial score (nSPS) is 16.1. The highest BCUT2D eigenvalue weighted by atomic mass is 16.7. The summed E-state index contributed by atoms with van der Waals surface area (Å²) in [6, 6.07) is 3.27. The van der Waals surface area contributed by atoms with Crippen LogP contribution in [-0.4, -0.2) is 47.0 Å². The molecule has 2 heterocycles. The highest BCUT2D eigenvalue weighted by Crippen LogP contribution is 2.07. The van der Waals surface area contributed by atoms with Crippen LogP contribution in [0.3, 0.4) is 0 Å². The third kappa shape index (κ3) is 3.19. The van der Waals surface area contributed by atoms with Crippen molar-refractivity contribution in [3.63, 3.8) is 0 Å². The van der Waals surface area contributed by atoms with E-state index in [9.17, 15) is 14.9 Å². The molecule has 1 saturated heterocycles. The van der Waals surface area contributed by atoms with E-state index in [1.165, 1.54) is 13.3 Å². The number of nitro groups is 1. The van der Waals surface area contributed by atoms with Crippen molar-refractivity contribution in [3.05, 3.63) is 39.7 Å². The van der Waals surface area contributed by atoms with Gasteiger partial charge in [-0.05, 0) is 12.1 Å². The number of aromatic nitrogens is 1. The number of ether oxygens (including phenoxy) is 1. The molecule has 0 amide bonds. The molecule has 0 aliphatic carbocycles. The molecule has 1 aromatic rings. The highest BCUT2D eigenvalue weighted by Gasteiger charge is 2.21. The van der Waals surface area contributed by atoms with Gasteiger partial charge in [0.25, 0.3) is 5.96 Å². The Morgan fingerprint density at radius 1 is 1.65 bits per heavy atom. The molecule has 1 aliphatic heterocycles. The Balaban J connectivity index is 2.06. The van der Waals surface area contributed by atoms with Crippen molar-refractivity contribution in [2.75, 3.05) is 20.2 Å². The molecular formula is C11H13N5O4. The van der Waals surface area contributed by atoms with Crippen LogP contribution in [0.4, 0.5) is 0 Å². The molecule has 0 spiro atoms. The summed E-state index contributed by atoms with van der Waals surface area (Å²) in [7, 11) is 1.30. The van der Waals surface area contributed by atoms with Crippen molar-refractivity contribution < 1.29 is 14.6 Å². The number of methoxy groups -OCH3 is 1. The van der Waals surface area contributed by atoms with Crippen molar-refractivity contribution in [3.8, 4) is 0 Å². The SMILES string of the molecule is COC(=O)c1ccc(CN2CCNC2=N[N+](=O)[O-])nc1. The number of guanidine groups is 1. The standard InChI is InChI=1S/C11H13N5O4/c1-20-10(17)8-2-3-9(13-6-8)7-15-5-4-12-11(15)14-16(18)19/h2-3,6H,4-5,7H2,1H3,(H,12,14). The van der Waals surface area contributed by atoms with Crippen molar-refractivity contribution in [1.82, 2.24) is 15.2 Å². The minimum Gasteiger partial charge on any atom is -0.465 e. The maximum atomic E-state index is 11.3. The van der Waals surface area contributed by atoms with E-state index in [1.807, 2.05) is 0 Å². The first-order valence-corrected chi connectivity index (χ1v) is 5.85. The highest BCUT2D eigenvalue weighted by molar-refractivity contribution is 5.88. The quantitative estimate of drug-likeness (QED) is 0.462. The molecule has 1 N–H and O–H groups in total. The molecule has 0 radical (unpaired) electrons.